The second-order valence-electron chi connectivity index (χ2n) is 17.0. The van der Waals surface area contributed by atoms with Crippen LogP contribution < -0.4 is 15.4 Å². The molecule has 4 fully saturated rings. The zero-order valence-corrected chi connectivity index (χ0v) is 33.5. The smallest absolute Gasteiger partial charge is 0.407 e. The molecule has 1 aliphatic carbocycles. The number of carbonyl (C=O) groups excluding carboxylic acids is 4. The van der Waals surface area contributed by atoms with E-state index in [1.54, 1.807) is 0 Å². The highest BCUT2D eigenvalue weighted by Gasteiger charge is 2.48. The number of amides is 4. The van der Waals surface area contributed by atoms with Gasteiger partial charge in [0.2, 0.25) is 11.8 Å². The number of aromatic amines is 2. The average Bonchev–Trinajstić information content (AvgIpc) is 3.56. The van der Waals surface area contributed by atoms with Crippen LogP contribution in [0.2, 0.25) is 0 Å². The lowest BCUT2D eigenvalue weighted by Crippen LogP contribution is -2.58. The molecule has 3 aromatic carbocycles. The first-order valence-corrected chi connectivity index (χ1v) is 20.7. The van der Waals surface area contributed by atoms with E-state index in [0.29, 0.717) is 6.61 Å². The van der Waals surface area contributed by atoms with Crippen molar-refractivity contribution in [1.82, 2.24) is 40.4 Å². The molecule has 6 heterocycles. The summed E-state index contributed by atoms with van der Waals surface area (Å²) < 4.78 is 16.1. The van der Waals surface area contributed by atoms with Crippen molar-refractivity contribution in [1.29, 1.82) is 0 Å². The first-order chi connectivity index (χ1) is 28.6. The number of hydrogen-bond donors (Lipinski definition) is 4. The zero-order valence-electron chi connectivity index (χ0n) is 33.5. The Morgan fingerprint density at radius 2 is 1.71 bits per heavy atom. The van der Waals surface area contributed by atoms with Crippen molar-refractivity contribution in [2.75, 3.05) is 14.2 Å². The Balaban J connectivity index is 0.902. The number of likely N-dealkylation sites (tertiary alicyclic amines) is 1. The maximum Gasteiger partial charge on any atom is 0.407 e. The number of H-pyrrole nitrogens is 2. The van der Waals surface area contributed by atoms with Gasteiger partial charge in [-0.25, -0.2) is 19.6 Å². The maximum absolute atomic E-state index is 14.0. The minimum Gasteiger partial charge on any atom is -0.488 e. The maximum atomic E-state index is 14.0. The van der Waals surface area contributed by atoms with Crippen molar-refractivity contribution < 1.29 is 33.4 Å². The van der Waals surface area contributed by atoms with E-state index < -0.39 is 24.3 Å². The van der Waals surface area contributed by atoms with Crippen LogP contribution >= 0.6 is 0 Å². The van der Waals surface area contributed by atoms with Gasteiger partial charge in [-0.3, -0.25) is 9.59 Å². The van der Waals surface area contributed by atoms with Crippen LogP contribution in [-0.4, -0.2) is 92.1 Å². The number of nitrogens with one attached hydrogen (secondary N) is 4. The number of rotatable bonds is 7. The van der Waals surface area contributed by atoms with Gasteiger partial charge in [0.1, 0.15) is 36.1 Å². The van der Waals surface area contributed by atoms with Gasteiger partial charge in [0.25, 0.3) is 0 Å². The van der Waals surface area contributed by atoms with Crippen LogP contribution in [-0.2, 0) is 25.7 Å². The van der Waals surface area contributed by atoms with E-state index in [-0.39, 0.29) is 47.8 Å². The number of carbonyl (C=O) groups is 4. The van der Waals surface area contributed by atoms with E-state index in [1.807, 2.05) is 29.0 Å². The molecule has 0 radical (unpaired) electrons. The topological polar surface area (TPSA) is 184 Å². The molecule has 59 heavy (non-hydrogen) atoms. The predicted octanol–water partition coefficient (Wildman–Crippen LogP) is 6.65. The van der Waals surface area contributed by atoms with Crippen LogP contribution in [0.3, 0.4) is 0 Å². The zero-order chi connectivity index (χ0) is 40.7. The molecule has 15 heteroatoms. The Morgan fingerprint density at radius 1 is 0.898 bits per heavy atom. The Labute approximate surface area is 340 Å². The Bertz CT molecular complexity index is 2530. The van der Waals surface area contributed by atoms with Gasteiger partial charge in [-0.2, -0.15) is 0 Å². The number of hydrogen-bond acceptors (Lipinski definition) is 9. The summed E-state index contributed by atoms with van der Waals surface area (Å²) >= 11 is 0. The number of ether oxygens (including phenoxy) is 3. The average molecular weight is 801 g/mol. The van der Waals surface area contributed by atoms with Crippen molar-refractivity contribution in [3.05, 3.63) is 65.9 Å². The van der Waals surface area contributed by atoms with Crippen LogP contribution in [0.5, 0.6) is 5.75 Å². The van der Waals surface area contributed by atoms with Gasteiger partial charge in [0, 0.05) is 23.0 Å². The van der Waals surface area contributed by atoms with Gasteiger partial charge in [0.15, 0.2) is 0 Å². The number of nitrogens with zero attached hydrogens (tertiary/aromatic N) is 4. The molecular weight excluding hydrogens is 753 g/mol. The van der Waals surface area contributed by atoms with Gasteiger partial charge in [0.05, 0.1) is 49.2 Å². The van der Waals surface area contributed by atoms with Gasteiger partial charge >= 0.3 is 12.2 Å². The molecule has 0 spiro atoms. The Kier molecular flexibility index (Phi) is 9.01. The van der Waals surface area contributed by atoms with Crippen LogP contribution in [0, 0.1) is 11.8 Å². The lowest BCUT2D eigenvalue weighted by Gasteiger charge is -2.41. The summed E-state index contributed by atoms with van der Waals surface area (Å²) in [5.74, 6) is 2.19. The third-order valence-electron chi connectivity index (χ3n) is 13.3. The molecule has 5 aliphatic rings. The first kappa shape index (κ1) is 37.2. The van der Waals surface area contributed by atoms with E-state index >= 15 is 0 Å². The van der Waals surface area contributed by atoms with Gasteiger partial charge in [-0.1, -0.05) is 25.1 Å². The van der Waals surface area contributed by atoms with Crippen LogP contribution in [0.15, 0.2) is 48.7 Å². The monoisotopic (exact) mass is 800 g/mol. The second kappa shape index (κ2) is 14.3. The largest absolute Gasteiger partial charge is 0.488 e. The van der Waals surface area contributed by atoms with Crippen molar-refractivity contribution in [2.45, 2.75) is 102 Å². The van der Waals surface area contributed by atoms with Crippen molar-refractivity contribution in [3.63, 3.8) is 0 Å². The molecule has 2 aromatic heterocycles. The number of aromatic nitrogens is 4. The van der Waals surface area contributed by atoms with Crippen molar-refractivity contribution in [2.24, 2.45) is 11.8 Å². The highest BCUT2D eigenvalue weighted by molar-refractivity contribution is 6.07. The minimum atomic E-state index is -0.634. The number of imidazole rings is 2. The lowest BCUT2D eigenvalue weighted by atomic mass is 9.88. The molecule has 3 saturated heterocycles. The van der Waals surface area contributed by atoms with Crippen LogP contribution in [0.4, 0.5) is 9.59 Å². The summed E-state index contributed by atoms with van der Waals surface area (Å²) in [7, 11) is 2.62. The van der Waals surface area contributed by atoms with Crippen LogP contribution in [0.1, 0.15) is 88.1 Å². The van der Waals surface area contributed by atoms with Gasteiger partial charge in [-0.15, -0.1) is 0 Å². The van der Waals surface area contributed by atoms with Crippen molar-refractivity contribution >= 4 is 45.8 Å². The molecule has 0 bridgehead atoms. The molecule has 4 amide bonds. The summed E-state index contributed by atoms with van der Waals surface area (Å²) in [5, 5.41) is 7.53. The molecule has 1 unspecified atom stereocenters. The Hall–Kier alpha value is -6.12. The Morgan fingerprint density at radius 3 is 2.51 bits per heavy atom. The highest BCUT2D eigenvalue weighted by Crippen LogP contribution is 2.45. The SMILES string of the molecule is COC(=O)N[C@@H]1C(=O)N2[C@H](CC[C@H]2c2ncc(-c3ccc4c(c3)COc3cc5c(ccc6[nH]c([C@@H]7CC[C@H](C)N7C(=O)[C@@H](NC(=O)OC)C7CC7)nc65)cc3-4)[nH]2)CC1C. The van der Waals surface area contributed by atoms with Crippen molar-refractivity contribution in [3.8, 4) is 28.1 Å². The molecule has 15 nitrogen and oxygen atoms in total. The van der Waals surface area contributed by atoms with E-state index in [4.69, 9.17) is 24.2 Å². The third kappa shape index (κ3) is 6.32. The number of methoxy groups -OCH3 is 2. The second-order valence-corrected chi connectivity index (χ2v) is 17.0. The molecule has 7 atom stereocenters. The summed E-state index contributed by atoms with van der Waals surface area (Å²) in [6, 6.07) is 13.1. The number of benzene rings is 3. The van der Waals surface area contributed by atoms with Crippen LogP contribution in [0.25, 0.3) is 44.2 Å². The molecule has 10 rings (SSSR count). The standard InChI is InChI=1S/C44H48N8O7/c1-21-15-27-10-14-33(52(27)41(53)36(21)49-43(55)57-3)39-45-19-32(47-39)25-8-11-28-26(16-25)20-59-35-18-29-24(17-30(28)35)9-12-31-38(29)48-40(46-31)34-13-5-22(2)51(34)42(54)37(23-6-7-23)50-44(56)58-4/h8-9,11-12,16-19,21-23,27,33-34,36-37H,5-7,10,13-15,20H2,1-4H3,(H,45,47)(H,46,48)(H,49,55)(H,50,56)/t21?,22-,27+,33-,34-,36-,37-/m0/s1. The third-order valence-corrected chi connectivity index (χ3v) is 13.3. The molecule has 4 N–H and O–H groups in total. The molecule has 4 aliphatic heterocycles. The number of alkyl carbamates (subject to hydrolysis) is 2. The molecular formula is C44H48N8O7. The van der Waals surface area contributed by atoms with E-state index in [9.17, 15) is 19.2 Å². The fourth-order valence-electron chi connectivity index (χ4n) is 10.1. The summed E-state index contributed by atoms with van der Waals surface area (Å²) in [4.78, 5) is 72.6. The van der Waals surface area contributed by atoms with Gasteiger partial charge in [-0.05, 0) is 110 Å². The summed E-state index contributed by atoms with van der Waals surface area (Å²) in [5.41, 5.74) is 6.68. The quantitative estimate of drug-likeness (QED) is 0.140. The van der Waals surface area contributed by atoms with E-state index in [2.05, 4.69) is 63.9 Å². The predicted molar refractivity (Wildman–Crippen MR) is 217 cm³/mol. The number of piperidine rings is 1. The highest BCUT2D eigenvalue weighted by atomic mass is 16.5. The minimum absolute atomic E-state index is 0.00468. The lowest BCUT2D eigenvalue weighted by molar-refractivity contribution is -0.142. The molecule has 5 aromatic rings. The number of fused-ring (bicyclic) bond motifs is 7. The summed E-state index contributed by atoms with van der Waals surface area (Å²) in [6.45, 7) is 4.45. The fraction of sp³-hybridized carbons (Fsp3) is 0.455. The first-order valence-electron chi connectivity index (χ1n) is 20.7. The summed E-state index contributed by atoms with van der Waals surface area (Å²) in [6.07, 6.45) is 6.53. The van der Waals surface area contributed by atoms with E-state index in [0.717, 1.165) is 112 Å². The molecule has 306 valence electrons. The van der Waals surface area contributed by atoms with E-state index in [1.165, 1.54) is 14.2 Å². The fourth-order valence-corrected chi connectivity index (χ4v) is 10.1. The normalized spacial score (nSPS) is 25.3. The molecule has 1 saturated carbocycles. The van der Waals surface area contributed by atoms with Gasteiger partial charge < -0.3 is 44.6 Å².